The predicted molar refractivity (Wildman–Crippen MR) is 89.5 cm³/mol. The predicted octanol–water partition coefficient (Wildman–Crippen LogP) is 3.03. The number of hydrogen-bond donors (Lipinski definition) is 2. The fourth-order valence-corrected chi connectivity index (χ4v) is 4.24. The van der Waals surface area contributed by atoms with Crippen molar-refractivity contribution in [3.05, 3.63) is 0 Å². The van der Waals surface area contributed by atoms with Gasteiger partial charge in [0.15, 0.2) is 0 Å². The molecule has 0 bridgehead atoms. The number of likely N-dealkylation sites (tertiary alicyclic amines) is 1. The highest BCUT2D eigenvalue weighted by molar-refractivity contribution is 4.89. The normalized spacial score (nSPS) is 27.1. The summed E-state index contributed by atoms with van der Waals surface area (Å²) in [5, 5.41) is 12.9. The molecule has 21 heavy (non-hydrogen) atoms. The molecule has 124 valence electrons. The van der Waals surface area contributed by atoms with Crippen LogP contribution < -0.4 is 5.32 Å². The second kappa shape index (κ2) is 8.50. The Morgan fingerprint density at radius 2 is 1.90 bits per heavy atom. The van der Waals surface area contributed by atoms with Crippen LogP contribution >= 0.6 is 0 Å². The van der Waals surface area contributed by atoms with Gasteiger partial charge in [0, 0.05) is 32.3 Å². The van der Waals surface area contributed by atoms with Crippen LogP contribution in [0.1, 0.15) is 65.2 Å². The topological polar surface area (TPSA) is 35.5 Å². The maximum Gasteiger partial charge on any atom is 0.0434 e. The van der Waals surface area contributed by atoms with Gasteiger partial charge in [-0.1, -0.05) is 39.5 Å². The number of nitrogens with zero attached hydrogens (tertiary/aromatic N) is 1. The van der Waals surface area contributed by atoms with Crippen molar-refractivity contribution in [3.63, 3.8) is 0 Å². The molecule has 1 unspecified atom stereocenters. The molecule has 2 aliphatic rings. The molecular formula is C18H36N2O. The molecule has 1 atom stereocenters. The smallest absolute Gasteiger partial charge is 0.0434 e. The molecule has 2 fully saturated rings. The highest BCUT2D eigenvalue weighted by Crippen LogP contribution is 2.37. The first kappa shape index (κ1) is 17.2. The van der Waals surface area contributed by atoms with E-state index in [1.54, 1.807) is 0 Å². The van der Waals surface area contributed by atoms with Gasteiger partial charge in [-0.2, -0.15) is 0 Å². The van der Waals surface area contributed by atoms with E-state index in [-0.39, 0.29) is 0 Å². The van der Waals surface area contributed by atoms with Crippen LogP contribution in [0, 0.1) is 11.3 Å². The summed E-state index contributed by atoms with van der Waals surface area (Å²) in [6, 6.07) is 0.589. The summed E-state index contributed by atoms with van der Waals surface area (Å²) in [6.45, 7) is 9.80. The summed E-state index contributed by atoms with van der Waals surface area (Å²) in [5.74, 6) is 0.732. The molecule has 2 N–H and O–H groups in total. The molecule has 0 spiro atoms. The molecule has 1 heterocycles. The van der Waals surface area contributed by atoms with Crippen molar-refractivity contribution < 1.29 is 5.11 Å². The quantitative estimate of drug-likeness (QED) is 0.709. The molecule has 1 aliphatic carbocycles. The summed E-state index contributed by atoms with van der Waals surface area (Å²) < 4.78 is 0. The third kappa shape index (κ3) is 5.54. The van der Waals surface area contributed by atoms with E-state index < -0.39 is 0 Å². The maximum atomic E-state index is 9.14. The Kier molecular flexibility index (Phi) is 6.97. The Balaban J connectivity index is 1.91. The molecule has 0 aromatic heterocycles. The molecule has 0 radical (unpaired) electrons. The van der Waals surface area contributed by atoms with Gasteiger partial charge in [0.05, 0.1) is 0 Å². The standard InChI is InChI=1S/C18H36N2O/c1-16(2)19-14-18(9-5-3-4-6-10-18)15-20-11-7-17(13-20)8-12-21/h16-17,19,21H,3-15H2,1-2H3. The van der Waals surface area contributed by atoms with Gasteiger partial charge in [-0.3, -0.25) is 0 Å². The van der Waals surface area contributed by atoms with Crippen molar-refractivity contribution in [1.29, 1.82) is 0 Å². The van der Waals surface area contributed by atoms with Gasteiger partial charge in [0.2, 0.25) is 0 Å². The van der Waals surface area contributed by atoms with Gasteiger partial charge in [-0.05, 0) is 43.6 Å². The van der Waals surface area contributed by atoms with Gasteiger partial charge in [0.25, 0.3) is 0 Å². The van der Waals surface area contributed by atoms with Crippen molar-refractivity contribution >= 4 is 0 Å². The van der Waals surface area contributed by atoms with E-state index in [0.29, 0.717) is 18.1 Å². The van der Waals surface area contributed by atoms with Gasteiger partial charge in [0.1, 0.15) is 0 Å². The minimum Gasteiger partial charge on any atom is -0.396 e. The van der Waals surface area contributed by atoms with E-state index in [1.807, 2.05) is 0 Å². The highest BCUT2D eigenvalue weighted by atomic mass is 16.3. The first-order chi connectivity index (χ1) is 10.1. The zero-order valence-electron chi connectivity index (χ0n) is 14.2. The summed E-state index contributed by atoms with van der Waals surface area (Å²) in [4.78, 5) is 2.69. The Bertz CT molecular complexity index is 285. The third-order valence-corrected chi connectivity index (χ3v) is 5.52. The number of hydrogen-bond acceptors (Lipinski definition) is 3. The van der Waals surface area contributed by atoms with E-state index in [9.17, 15) is 0 Å². The van der Waals surface area contributed by atoms with E-state index >= 15 is 0 Å². The number of rotatable bonds is 7. The number of aliphatic hydroxyl groups excluding tert-OH is 1. The van der Waals surface area contributed by atoms with Crippen LogP contribution in [0.5, 0.6) is 0 Å². The van der Waals surface area contributed by atoms with E-state index in [1.165, 1.54) is 71.1 Å². The van der Waals surface area contributed by atoms with Crippen LogP contribution in [0.25, 0.3) is 0 Å². The molecule has 1 saturated heterocycles. The molecule has 0 aromatic carbocycles. The van der Waals surface area contributed by atoms with Crippen LogP contribution in [-0.4, -0.2) is 48.8 Å². The molecule has 0 amide bonds. The zero-order valence-corrected chi connectivity index (χ0v) is 14.2. The Morgan fingerprint density at radius 3 is 2.52 bits per heavy atom. The van der Waals surface area contributed by atoms with E-state index in [2.05, 4.69) is 24.1 Å². The van der Waals surface area contributed by atoms with Crippen LogP contribution in [-0.2, 0) is 0 Å². The van der Waals surface area contributed by atoms with Gasteiger partial charge in [-0.15, -0.1) is 0 Å². The van der Waals surface area contributed by atoms with Gasteiger partial charge >= 0.3 is 0 Å². The first-order valence-electron chi connectivity index (χ1n) is 9.20. The lowest BCUT2D eigenvalue weighted by atomic mass is 9.79. The molecule has 2 rings (SSSR count). The average Bonchev–Trinajstić information content (AvgIpc) is 2.74. The molecule has 3 heteroatoms. The second-order valence-corrected chi connectivity index (χ2v) is 7.85. The molecule has 3 nitrogen and oxygen atoms in total. The van der Waals surface area contributed by atoms with Crippen LogP contribution in [0.15, 0.2) is 0 Å². The molecular weight excluding hydrogens is 260 g/mol. The van der Waals surface area contributed by atoms with Gasteiger partial charge < -0.3 is 15.3 Å². The van der Waals surface area contributed by atoms with Crippen LogP contribution in [0.3, 0.4) is 0 Å². The van der Waals surface area contributed by atoms with Crippen molar-refractivity contribution in [2.45, 2.75) is 71.3 Å². The largest absolute Gasteiger partial charge is 0.396 e. The summed E-state index contributed by atoms with van der Waals surface area (Å²) >= 11 is 0. The summed E-state index contributed by atoms with van der Waals surface area (Å²) in [7, 11) is 0. The Labute approximate surface area is 131 Å². The highest BCUT2D eigenvalue weighted by Gasteiger charge is 2.35. The van der Waals surface area contributed by atoms with Gasteiger partial charge in [-0.25, -0.2) is 0 Å². The Morgan fingerprint density at radius 1 is 1.19 bits per heavy atom. The molecule has 0 aromatic rings. The van der Waals surface area contributed by atoms with Crippen molar-refractivity contribution in [2.75, 3.05) is 32.8 Å². The molecule has 1 saturated carbocycles. The minimum atomic E-state index is 0.360. The number of aliphatic hydroxyl groups is 1. The lowest BCUT2D eigenvalue weighted by Gasteiger charge is -2.37. The number of nitrogens with one attached hydrogen (secondary N) is 1. The van der Waals surface area contributed by atoms with Crippen molar-refractivity contribution in [1.82, 2.24) is 10.2 Å². The third-order valence-electron chi connectivity index (χ3n) is 5.52. The zero-order chi connectivity index (χ0) is 15.1. The SMILES string of the molecule is CC(C)NCC1(CN2CCC(CCO)C2)CCCCCC1. The average molecular weight is 296 g/mol. The fraction of sp³-hybridized carbons (Fsp3) is 1.00. The van der Waals surface area contributed by atoms with E-state index in [4.69, 9.17) is 5.11 Å². The molecule has 1 aliphatic heterocycles. The lowest BCUT2D eigenvalue weighted by Crippen LogP contribution is -2.45. The van der Waals surface area contributed by atoms with Crippen LogP contribution in [0.2, 0.25) is 0 Å². The minimum absolute atomic E-state index is 0.360. The van der Waals surface area contributed by atoms with E-state index in [0.717, 1.165) is 12.3 Å². The van der Waals surface area contributed by atoms with Crippen LogP contribution in [0.4, 0.5) is 0 Å². The Hall–Kier alpha value is -0.120. The maximum absolute atomic E-state index is 9.14. The van der Waals surface area contributed by atoms with Crippen molar-refractivity contribution in [3.8, 4) is 0 Å². The van der Waals surface area contributed by atoms with Crippen molar-refractivity contribution in [2.24, 2.45) is 11.3 Å². The second-order valence-electron chi connectivity index (χ2n) is 7.85. The monoisotopic (exact) mass is 296 g/mol. The fourth-order valence-electron chi connectivity index (χ4n) is 4.24. The summed E-state index contributed by atoms with van der Waals surface area (Å²) in [5.41, 5.74) is 0.495. The first-order valence-corrected chi connectivity index (χ1v) is 9.20. The lowest BCUT2D eigenvalue weighted by molar-refractivity contribution is 0.137. The summed E-state index contributed by atoms with van der Waals surface area (Å²) in [6.07, 6.45) is 10.7.